The van der Waals surface area contributed by atoms with Gasteiger partial charge in [-0.15, -0.1) is 0 Å². The minimum Gasteiger partial charge on any atom is -0.497 e. The Labute approximate surface area is 159 Å². The number of anilines is 1. The maximum Gasteiger partial charge on any atom is 0.240 e. The smallest absolute Gasteiger partial charge is 0.240 e. The third-order valence-corrected chi connectivity index (χ3v) is 3.96. The van der Waals surface area contributed by atoms with Crippen molar-refractivity contribution in [3.8, 4) is 5.75 Å². The van der Waals surface area contributed by atoms with Gasteiger partial charge in [-0.3, -0.25) is 9.59 Å². The quantitative estimate of drug-likeness (QED) is 0.552. The minimum absolute atomic E-state index is 0.0611. The molecule has 142 valence electrons. The highest BCUT2D eigenvalue weighted by atomic mass is 16.5. The van der Waals surface area contributed by atoms with Crippen molar-refractivity contribution in [3.05, 3.63) is 59.7 Å². The van der Waals surface area contributed by atoms with E-state index in [0.29, 0.717) is 17.4 Å². The lowest BCUT2D eigenvalue weighted by Crippen LogP contribution is -2.20. The highest BCUT2D eigenvalue weighted by Crippen LogP contribution is 2.15. The Kier molecular flexibility index (Phi) is 7.55. The molecule has 0 aliphatic rings. The zero-order chi connectivity index (χ0) is 19.6. The lowest BCUT2D eigenvalue weighted by molar-refractivity contribution is -0.124. The summed E-state index contributed by atoms with van der Waals surface area (Å²) < 4.78 is 5.06. The highest BCUT2D eigenvalue weighted by Gasteiger charge is 2.07. The molecule has 0 aliphatic heterocycles. The number of nitrogens with one attached hydrogen (secondary N) is 2. The van der Waals surface area contributed by atoms with E-state index >= 15 is 0 Å². The van der Waals surface area contributed by atoms with Crippen molar-refractivity contribution in [2.24, 2.45) is 5.10 Å². The first kappa shape index (κ1) is 20.2. The van der Waals surface area contributed by atoms with E-state index in [1.54, 1.807) is 37.6 Å². The molecule has 6 nitrogen and oxygen atoms in total. The number of ether oxygens (including phenoxy) is 1. The van der Waals surface area contributed by atoms with Crippen LogP contribution in [0.2, 0.25) is 0 Å². The number of carbonyl (C=O) groups is 2. The molecule has 2 rings (SSSR count). The van der Waals surface area contributed by atoms with E-state index in [4.69, 9.17) is 4.74 Å². The summed E-state index contributed by atoms with van der Waals surface area (Å²) >= 11 is 0. The van der Waals surface area contributed by atoms with Gasteiger partial charge in [-0.05, 0) is 41.3 Å². The van der Waals surface area contributed by atoms with Crippen molar-refractivity contribution in [1.29, 1.82) is 0 Å². The molecule has 0 saturated carbocycles. The lowest BCUT2D eigenvalue weighted by atomic mass is 10.0. The molecule has 2 aromatic carbocycles. The monoisotopic (exact) mass is 367 g/mol. The number of benzene rings is 2. The Bertz CT molecular complexity index is 781. The third-order valence-electron chi connectivity index (χ3n) is 3.96. The van der Waals surface area contributed by atoms with E-state index in [9.17, 15) is 9.59 Å². The average Bonchev–Trinajstić information content (AvgIpc) is 2.67. The van der Waals surface area contributed by atoms with E-state index < -0.39 is 0 Å². The van der Waals surface area contributed by atoms with Crippen LogP contribution in [-0.2, 0) is 9.59 Å². The summed E-state index contributed by atoms with van der Waals surface area (Å²) in [7, 11) is 1.58. The van der Waals surface area contributed by atoms with E-state index in [0.717, 1.165) is 5.56 Å². The van der Waals surface area contributed by atoms with Crippen LogP contribution in [0.15, 0.2) is 53.6 Å². The van der Waals surface area contributed by atoms with Crippen molar-refractivity contribution in [1.82, 2.24) is 5.43 Å². The van der Waals surface area contributed by atoms with Crippen LogP contribution in [0.5, 0.6) is 5.75 Å². The van der Waals surface area contributed by atoms with Gasteiger partial charge in [-0.2, -0.15) is 5.10 Å². The number of hydrogen-bond acceptors (Lipinski definition) is 4. The van der Waals surface area contributed by atoms with Crippen LogP contribution in [0.4, 0.5) is 5.69 Å². The van der Waals surface area contributed by atoms with E-state index in [1.807, 2.05) is 24.3 Å². The number of methoxy groups -OCH3 is 1. The summed E-state index contributed by atoms with van der Waals surface area (Å²) in [5, 5.41) is 6.66. The highest BCUT2D eigenvalue weighted by molar-refractivity contribution is 5.93. The molecular formula is C21H25N3O3. The van der Waals surface area contributed by atoms with Crippen LogP contribution < -0.4 is 15.5 Å². The number of hydrazone groups is 1. The van der Waals surface area contributed by atoms with Crippen molar-refractivity contribution in [2.45, 2.75) is 32.6 Å². The maximum atomic E-state index is 11.9. The van der Waals surface area contributed by atoms with Crippen LogP contribution in [0.1, 0.15) is 43.7 Å². The van der Waals surface area contributed by atoms with Crippen molar-refractivity contribution < 1.29 is 14.3 Å². The van der Waals surface area contributed by atoms with E-state index in [-0.39, 0.29) is 24.7 Å². The summed E-state index contributed by atoms with van der Waals surface area (Å²) in [5.41, 5.74) is 5.24. The van der Waals surface area contributed by atoms with Crippen molar-refractivity contribution in [3.63, 3.8) is 0 Å². The van der Waals surface area contributed by atoms with Gasteiger partial charge in [-0.1, -0.05) is 38.1 Å². The zero-order valence-electron chi connectivity index (χ0n) is 15.9. The molecule has 0 bridgehead atoms. The Morgan fingerprint density at radius 2 is 1.63 bits per heavy atom. The van der Waals surface area contributed by atoms with Gasteiger partial charge in [0.2, 0.25) is 11.8 Å². The Morgan fingerprint density at radius 1 is 1.00 bits per heavy atom. The summed E-state index contributed by atoms with van der Waals surface area (Å²) in [4.78, 5) is 23.7. The molecule has 0 heterocycles. The summed E-state index contributed by atoms with van der Waals surface area (Å²) in [6, 6.07) is 15.0. The molecule has 0 atom stereocenters. The molecule has 27 heavy (non-hydrogen) atoms. The van der Waals surface area contributed by atoms with Gasteiger partial charge in [0.05, 0.1) is 13.3 Å². The molecule has 0 saturated heterocycles. The SMILES string of the molecule is COc1ccc(NC(=O)CCC(=O)N/N=C/c2ccc(C(C)C)cc2)cc1. The van der Waals surface area contributed by atoms with Gasteiger partial charge in [0.1, 0.15) is 5.75 Å². The molecule has 0 radical (unpaired) electrons. The van der Waals surface area contributed by atoms with Gasteiger partial charge < -0.3 is 10.1 Å². The molecule has 0 unspecified atom stereocenters. The number of hydrogen-bond donors (Lipinski definition) is 2. The first-order valence-corrected chi connectivity index (χ1v) is 8.83. The number of carbonyl (C=O) groups excluding carboxylic acids is 2. The Morgan fingerprint density at radius 3 is 2.22 bits per heavy atom. The third kappa shape index (κ3) is 6.93. The molecule has 2 amide bonds. The first-order chi connectivity index (χ1) is 13.0. The zero-order valence-corrected chi connectivity index (χ0v) is 15.9. The standard InChI is InChI=1S/C21H25N3O3/c1-15(2)17-6-4-16(5-7-17)14-22-24-21(26)13-12-20(25)23-18-8-10-19(27-3)11-9-18/h4-11,14-15H,12-13H2,1-3H3,(H,23,25)(H,24,26)/b22-14+. The molecule has 2 aromatic rings. The molecule has 2 N–H and O–H groups in total. The predicted molar refractivity (Wildman–Crippen MR) is 107 cm³/mol. The molecule has 0 aliphatic carbocycles. The second-order valence-corrected chi connectivity index (χ2v) is 6.39. The second kappa shape index (κ2) is 10.1. The van der Waals surface area contributed by atoms with Crippen LogP contribution in [0, 0.1) is 0 Å². The van der Waals surface area contributed by atoms with Gasteiger partial charge >= 0.3 is 0 Å². The van der Waals surface area contributed by atoms with Crippen molar-refractivity contribution in [2.75, 3.05) is 12.4 Å². The topological polar surface area (TPSA) is 79.8 Å². The van der Waals surface area contributed by atoms with E-state index in [1.165, 1.54) is 5.56 Å². The molecule has 0 fully saturated rings. The first-order valence-electron chi connectivity index (χ1n) is 8.83. The fourth-order valence-corrected chi connectivity index (χ4v) is 2.33. The van der Waals surface area contributed by atoms with Gasteiger partial charge in [0, 0.05) is 18.5 Å². The summed E-state index contributed by atoms with van der Waals surface area (Å²) in [6.45, 7) is 4.27. The number of amides is 2. The van der Waals surface area contributed by atoms with Crippen LogP contribution in [-0.4, -0.2) is 25.1 Å². The normalized spacial score (nSPS) is 10.8. The second-order valence-electron chi connectivity index (χ2n) is 6.39. The molecular weight excluding hydrogens is 342 g/mol. The van der Waals surface area contributed by atoms with Gasteiger partial charge in [-0.25, -0.2) is 5.43 Å². The maximum absolute atomic E-state index is 11.9. The van der Waals surface area contributed by atoms with Crippen LogP contribution in [0.3, 0.4) is 0 Å². The predicted octanol–water partition coefficient (Wildman–Crippen LogP) is 3.69. The minimum atomic E-state index is -0.310. The van der Waals surface area contributed by atoms with Gasteiger partial charge in [0.25, 0.3) is 0 Å². The van der Waals surface area contributed by atoms with E-state index in [2.05, 4.69) is 29.7 Å². The average molecular weight is 367 g/mol. The fourth-order valence-electron chi connectivity index (χ4n) is 2.33. The fraction of sp³-hybridized carbons (Fsp3) is 0.286. The number of rotatable bonds is 8. The summed E-state index contributed by atoms with van der Waals surface area (Å²) in [6.07, 6.45) is 1.72. The Hall–Kier alpha value is -3.15. The van der Waals surface area contributed by atoms with Gasteiger partial charge in [0.15, 0.2) is 0 Å². The Balaban J connectivity index is 1.72. The lowest BCUT2D eigenvalue weighted by Gasteiger charge is -2.06. The number of nitrogens with zero attached hydrogens (tertiary/aromatic N) is 1. The molecule has 0 spiro atoms. The molecule has 6 heteroatoms. The molecule has 0 aromatic heterocycles. The van der Waals surface area contributed by atoms with Crippen LogP contribution in [0.25, 0.3) is 0 Å². The van der Waals surface area contributed by atoms with Crippen LogP contribution >= 0.6 is 0 Å². The largest absolute Gasteiger partial charge is 0.497 e. The van der Waals surface area contributed by atoms with Crippen molar-refractivity contribution >= 4 is 23.7 Å². The summed E-state index contributed by atoms with van der Waals surface area (Å²) in [5.74, 6) is 0.641.